The quantitative estimate of drug-likeness (QED) is 0.0502. The van der Waals surface area contributed by atoms with E-state index in [-0.39, 0.29) is 64.4 Å². The molecule has 1 aliphatic carbocycles. The van der Waals surface area contributed by atoms with Crippen LogP contribution in [0.1, 0.15) is 15.9 Å². The van der Waals surface area contributed by atoms with E-state index in [0.29, 0.717) is 56.5 Å². The maximum atomic E-state index is 13.2. The third-order valence-electron chi connectivity index (χ3n) is 9.89. The average Bonchev–Trinajstić information content (AvgIpc) is 3.30. The number of nitrogens with one attached hydrogen (secondary N) is 2. The Morgan fingerprint density at radius 1 is 0.738 bits per heavy atom. The van der Waals surface area contributed by atoms with Gasteiger partial charge in [0.05, 0.1) is 46.9 Å². The van der Waals surface area contributed by atoms with Crippen LogP contribution >= 0.6 is 23.2 Å². The van der Waals surface area contributed by atoms with Gasteiger partial charge in [0.15, 0.2) is 19.2 Å². The van der Waals surface area contributed by atoms with E-state index in [1.807, 2.05) is 0 Å². The van der Waals surface area contributed by atoms with Crippen LogP contribution in [0.5, 0.6) is 40.2 Å². The summed E-state index contributed by atoms with van der Waals surface area (Å²) in [5.41, 5.74) is 8.02. The van der Waals surface area contributed by atoms with Crippen molar-refractivity contribution in [1.29, 1.82) is 0 Å². The molecule has 0 unspecified atom stereocenters. The first-order valence-electron chi connectivity index (χ1n) is 19.7. The van der Waals surface area contributed by atoms with E-state index >= 15 is 0 Å². The lowest BCUT2D eigenvalue weighted by Gasteiger charge is -2.21. The standard InChI is InChI=1S/C48H41Cl2N5O10/c1-55(43-6-4-5-36-35(43)19-20-37(45(36)57)47(51)58)48(59)65-34-9-7-28(8-10-34)25-62-46-38(49)21-29(22-39(46)50)54-41-23-42(53-27-64-33-17-13-31(61-3)14-18-33)44(56)24-40(41)52-26-63-32-15-11-30(60-2)12-16-32/h4-24,52,54,57H,25-27H2,1-3H3,(H2,51,58)/b53-42-. The number of halogens is 2. The molecule has 0 atom stereocenters. The van der Waals surface area contributed by atoms with Crippen molar-refractivity contribution in [1.82, 2.24) is 5.32 Å². The van der Waals surface area contributed by atoms with Crippen LogP contribution in [0.15, 0.2) is 144 Å². The molecule has 332 valence electrons. The van der Waals surface area contributed by atoms with Crippen molar-refractivity contribution < 1.29 is 47.9 Å². The molecule has 0 bridgehead atoms. The fourth-order valence-corrected chi connectivity index (χ4v) is 7.07. The van der Waals surface area contributed by atoms with Gasteiger partial charge in [0.2, 0.25) is 5.78 Å². The maximum Gasteiger partial charge on any atom is 0.419 e. The van der Waals surface area contributed by atoms with E-state index in [2.05, 4.69) is 15.6 Å². The second-order valence-electron chi connectivity index (χ2n) is 14.1. The van der Waals surface area contributed by atoms with Crippen LogP contribution in [0, 0.1) is 0 Å². The number of anilines is 2. The van der Waals surface area contributed by atoms with Crippen molar-refractivity contribution in [2.75, 3.05) is 44.9 Å². The number of carbonyl (C=O) groups excluding carboxylic acids is 3. The first kappa shape index (κ1) is 45.2. The van der Waals surface area contributed by atoms with E-state index in [4.69, 9.17) is 57.4 Å². The number of fused-ring (bicyclic) bond motifs is 1. The molecule has 17 heteroatoms. The van der Waals surface area contributed by atoms with Crippen molar-refractivity contribution in [2.45, 2.75) is 6.61 Å². The highest BCUT2D eigenvalue weighted by Crippen LogP contribution is 2.38. The summed E-state index contributed by atoms with van der Waals surface area (Å²) in [6.45, 7) is -0.0287. The van der Waals surface area contributed by atoms with Gasteiger partial charge < -0.3 is 49.9 Å². The maximum absolute atomic E-state index is 13.2. The van der Waals surface area contributed by atoms with Crippen LogP contribution < -0.4 is 49.7 Å². The third-order valence-corrected chi connectivity index (χ3v) is 10.4. The van der Waals surface area contributed by atoms with Crippen molar-refractivity contribution in [3.05, 3.63) is 160 Å². The number of aromatic hydroxyl groups is 1. The van der Waals surface area contributed by atoms with Crippen molar-refractivity contribution >= 4 is 68.8 Å². The Labute approximate surface area is 383 Å². The number of rotatable bonds is 17. The molecular weight excluding hydrogens is 877 g/mol. The number of primary amides is 1. The molecule has 6 aromatic rings. The Balaban J connectivity index is 1.00. The van der Waals surface area contributed by atoms with E-state index < -0.39 is 12.0 Å². The zero-order chi connectivity index (χ0) is 46.0. The zero-order valence-electron chi connectivity index (χ0n) is 35.1. The van der Waals surface area contributed by atoms with Gasteiger partial charge in [-0.2, -0.15) is 0 Å². The summed E-state index contributed by atoms with van der Waals surface area (Å²) >= 11 is 13.5. The minimum absolute atomic E-state index is 0.0188. The van der Waals surface area contributed by atoms with Crippen LogP contribution in [-0.4, -0.2) is 63.3 Å². The van der Waals surface area contributed by atoms with Crippen LogP contribution in [-0.2, 0) is 11.4 Å². The summed E-state index contributed by atoms with van der Waals surface area (Å²) in [6.07, 6.45) is 2.29. The Morgan fingerprint density at radius 2 is 1.35 bits per heavy atom. The normalized spacial score (nSPS) is 12.8. The van der Waals surface area contributed by atoms with Crippen molar-refractivity contribution in [2.24, 2.45) is 10.7 Å². The fourth-order valence-electron chi connectivity index (χ4n) is 6.48. The monoisotopic (exact) mass is 917 g/mol. The molecule has 5 N–H and O–H groups in total. The number of phenols is 1. The highest BCUT2D eigenvalue weighted by molar-refractivity contribution is 6.49. The number of carbonyl (C=O) groups is 3. The molecule has 0 aliphatic heterocycles. The highest BCUT2D eigenvalue weighted by atomic mass is 35.5. The molecule has 1 aliphatic rings. The van der Waals surface area contributed by atoms with Crippen molar-refractivity contribution in [3.8, 4) is 40.2 Å². The van der Waals surface area contributed by atoms with E-state index in [0.717, 1.165) is 5.56 Å². The van der Waals surface area contributed by atoms with Gasteiger partial charge in [0.25, 0.3) is 5.91 Å². The Hall–Kier alpha value is -7.88. The molecule has 0 fully saturated rings. The van der Waals surface area contributed by atoms with E-state index in [1.54, 1.807) is 129 Å². The minimum Gasteiger partial charge on any atom is -0.506 e. The molecule has 0 spiro atoms. The lowest BCUT2D eigenvalue weighted by Crippen LogP contribution is -2.29. The van der Waals surface area contributed by atoms with Gasteiger partial charge in [-0.05, 0) is 96.6 Å². The molecule has 0 saturated heterocycles. The van der Waals surface area contributed by atoms with Crippen LogP contribution in [0.3, 0.4) is 0 Å². The largest absolute Gasteiger partial charge is 0.506 e. The summed E-state index contributed by atoms with van der Waals surface area (Å²) in [6, 6.07) is 31.9. The van der Waals surface area contributed by atoms with Crippen LogP contribution in [0.4, 0.5) is 16.2 Å². The van der Waals surface area contributed by atoms with Crippen LogP contribution in [0.2, 0.25) is 10.0 Å². The number of nitrogens with zero attached hydrogens (tertiary/aromatic N) is 2. The summed E-state index contributed by atoms with van der Waals surface area (Å²) in [7, 11) is 4.68. The minimum atomic E-state index is -0.772. The molecule has 2 amide bonds. The molecule has 0 heterocycles. The number of nitrogens with two attached hydrogens (primary N) is 1. The number of amides is 2. The molecule has 7 rings (SSSR count). The second-order valence-corrected chi connectivity index (χ2v) is 14.9. The van der Waals surface area contributed by atoms with Gasteiger partial charge in [-0.15, -0.1) is 0 Å². The van der Waals surface area contributed by atoms with Gasteiger partial charge in [-0.3, -0.25) is 14.5 Å². The third kappa shape index (κ3) is 11.0. The number of hydrogen-bond donors (Lipinski definition) is 4. The molecule has 0 saturated carbocycles. The van der Waals surface area contributed by atoms with E-state index in [9.17, 15) is 19.5 Å². The van der Waals surface area contributed by atoms with Gasteiger partial charge in [0.1, 0.15) is 46.8 Å². The molecule has 65 heavy (non-hydrogen) atoms. The second kappa shape index (κ2) is 20.5. The van der Waals surface area contributed by atoms with Gasteiger partial charge in [0, 0.05) is 29.6 Å². The summed E-state index contributed by atoms with van der Waals surface area (Å²) in [5.74, 6) is 1.58. The highest BCUT2D eigenvalue weighted by Gasteiger charge is 2.22. The lowest BCUT2D eigenvalue weighted by molar-refractivity contribution is -0.108. The number of allylic oxidation sites excluding steroid dienone is 2. The number of hydrogen-bond acceptors (Lipinski definition) is 13. The molecular formula is C48H41Cl2N5O10. The Bertz CT molecular complexity index is 2810. The first-order chi connectivity index (χ1) is 31.4. The average molecular weight is 919 g/mol. The van der Waals surface area contributed by atoms with E-state index in [1.165, 1.54) is 24.1 Å². The number of methoxy groups -OCH3 is 2. The van der Waals surface area contributed by atoms with Crippen molar-refractivity contribution in [3.63, 3.8) is 0 Å². The predicted molar refractivity (Wildman–Crippen MR) is 248 cm³/mol. The van der Waals surface area contributed by atoms with Gasteiger partial charge in [-0.1, -0.05) is 53.5 Å². The van der Waals surface area contributed by atoms with Crippen LogP contribution in [0.25, 0.3) is 10.8 Å². The SMILES string of the molecule is COc1ccc(OC/N=C2/C=C(Nc3cc(Cl)c(OCc4ccc(OC(=O)N(C)c5cccc6c(O)c(C(N)=O)ccc56)cc4)c(Cl)c3)C(NCOc3ccc(OC)cc3)=CC2=O)cc1. The molecule has 15 nitrogen and oxygen atoms in total. The fraction of sp³-hybridized carbons (Fsp3) is 0.125. The lowest BCUT2D eigenvalue weighted by atomic mass is 10.0. The smallest absolute Gasteiger partial charge is 0.419 e. The summed E-state index contributed by atoms with van der Waals surface area (Å²) in [4.78, 5) is 43.8. The van der Waals surface area contributed by atoms with Gasteiger partial charge >= 0.3 is 6.09 Å². The topological polar surface area (TPSA) is 192 Å². The molecule has 0 radical (unpaired) electrons. The number of ketones is 1. The number of aliphatic imine (C=N–C) groups is 1. The summed E-state index contributed by atoms with van der Waals surface area (Å²) in [5, 5.41) is 18.3. The number of ether oxygens (including phenoxy) is 6. The molecule has 0 aromatic heterocycles. The predicted octanol–water partition coefficient (Wildman–Crippen LogP) is 9.05. The molecule has 6 aromatic carbocycles. The Kier molecular flexibility index (Phi) is 14.3. The Morgan fingerprint density at radius 3 is 1.98 bits per heavy atom. The zero-order valence-corrected chi connectivity index (χ0v) is 36.6. The first-order valence-corrected chi connectivity index (χ1v) is 20.4. The summed E-state index contributed by atoms with van der Waals surface area (Å²) < 4.78 is 33.7. The number of benzene rings is 6. The van der Waals surface area contributed by atoms with Gasteiger partial charge in [-0.25, -0.2) is 9.79 Å².